The van der Waals surface area contributed by atoms with Crippen LogP contribution in [0.15, 0.2) is 22.7 Å². The van der Waals surface area contributed by atoms with Gasteiger partial charge in [0, 0.05) is 42.4 Å². The average Bonchev–Trinajstić information content (AvgIpc) is 3.21. The Morgan fingerprint density at radius 1 is 1.46 bits per heavy atom. The number of nitrogens with zero attached hydrogens (tertiary/aromatic N) is 3. The molecule has 1 atom stereocenters. The molecule has 1 unspecified atom stereocenters. The van der Waals surface area contributed by atoms with Gasteiger partial charge in [0.15, 0.2) is 5.82 Å². The van der Waals surface area contributed by atoms with E-state index in [-0.39, 0.29) is 24.3 Å². The second-order valence-electron chi connectivity index (χ2n) is 6.11. The largest absolute Gasteiger partial charge is 0.380 e. The van der Waals surface area contributed by atoms with Crippen LogP contribution >= 0.6 is 23.7 Å². The lowest BCUT2D eigenvalue weighted by Gasteiger charge is -2.30. The molecule has 0 bridgehead atoms. The van der Waals surface area contributed by atoms with Gasteiger partial charge in [-0.3, -0.25) is 4.90 Å². The molecule has 3 heterocycles. The second kappa shape index (κ2) is 7.98. The summed E-state index contributed by atoms with van der Waals surface area (Å²) in [5.41, 5.74) is 0.755. The normalized spacial score (nSPS) is 18.2. The molecule has 4 rings (SSSR count). The smallest absolute Gasteiger partial charge is 0.268 e. The maximum absolute atomic E-state index is 14.3. The highest BCUT2D eigenvalue weighted by atomic mass is 35.5. The zero-order chi connectivity index (χ0) is 17.4. The topological polar surface area (TPSA) is 63.4 Å². The van der Waals surface area contributed by atoms with E-state index in [0.717, 1.165) is 34.8 Å². The van der Waals surface area contributed by atoms with Crippen LogP contribution in [-0.4, -0.2) is 48.8 Å². The van der Waals surface area contributed by atoms with E-state index in [9.17, 15) is 4.39 Å². The lowest BCUT2D eigenvalue weighted by atomic mass is 10.1. The van der Waals surface area contributed by atoms with Gasteiger partial charge in [0.25, 0.3) is 5.89 Å². The summed E-state index contributed by atoms with van der Waals surface area (Å²) in [5, 5.41) is 8.08. The number of fused-ring (bicyclic) bond motifs is 1. The second-order valence-corrected chi connectivity index (χ2v) is 7.17. The molecule has 0 saturated carbocycles. The number of ether oxygens (including phenoxy) is 1. The predicted octanol–water partition coefficient (Wildman–Crippen LogP) is 3.23. The van der Waals surface area contributed by atoms with Crippen LogP contribution in [0.3, 0.4) is 0 Å². The number of aromatic nitrogens is 2. The van der Waals surface area contributed by atoms with Crippen LogP contribution in [0.4, 0.5) is 4.39 Å². The monoisotopic (exact) mass is 398 g/mol. The summed E-state index contributed by atoms with van der Waals surface area (Å²) in [6, 6.07) is 5.13. The van der Waals surface area contributed by atoms with Crippen molar-refractivity contribution in [3.8, 4) is 10.8 Å². The Bertz CT molecular complexity index is 900. The number of likely N-dealkylation sites (N-methyl/N-ethyl adjacent to an activating group) is 1. The molecule has 1 aliphatic heterocycles. The van der Waals surface area contributed by atoms with E-state index in [1.807, 2.05) is 13.1 Å². The van der Waals surface area contributed by atoms with Crippen LogP contribution < -0.4 is 5.32 Å². The number of nitrogens with one attached hydrogen (secondary N) is 1. The Morgan fingerprint density at radius 2 is 2.31 bits per heavy atom. The molecule has 1 saturated heterocycles. The van der Waals surface area contributed by atoms with Gasteiger partial charge in [0.2, 0.25) is 0 Å². The molecule has 2 aromatic heterocycles. The summed E-state index contributed by atoms with van der Waals surface area (Å²) in [6.45, 7) is 2.95. The zero-order valence-electron chi connectivity index (χ0n) is 14.5. The van der Waals surface area contributed by atoms with Gasteiger partial charge in [-0.05, 0) is 19.2 Å². The van der Waals surface area contributed by atoms with Crippen molar-refractivity contribution < 1.29 is 13.7 Å². The highest BCUT2D eigenvalue weighted by molar-refractivity contribution is 7.22. The van der Waals surface area contributed by atoms with E-state index in [1.54, 1.807) is 13.2 Å². The van der Waals surface area contributed by atoms with Crippen LogP contribution in [0, 0.1) is 5.82 Å². The van der Waals surface area contributed by atoms with Gasteiger partial charge in [0.05, 0.1) is 17.5 Å². The lowest BCUT2D eigenvalue weighted by Crippen LogP contribution is -2.44. The first-order chi connectivity index (χ1) is 12.2. The summed E-state index contributed by atoms with van der Waals surface area (Å²) in [5.74, 6) is 0.802. The molecule has 0 amide bonds. The van der Waals surface area contributed by atoms with Crippen molar-refractivity contribution in [2.24, 2.45) is 0 Å². The Hall–Kier alpha value is -1.58. The van der Waals surface area contributed by atoms with Gasteiger partial charge in [-0.1, -0.05) is 11.2 Å². The molecule has 1 N–H and O–H groups in total. The standard InChI is InChI=1S/C17H19FN4O2S.ClH/c1-22-7-6-19-8-12(22)16-20-17(24-21-16)15-10(9-23-2)14-11(18)4-3-5-13(14)25-15;/h3-5,12,19H,6-9H2,1-2H3;1H. The fourth-order valence-corrected chi connectivity index (χ4v) is 4.32. The number of hydrogen-bond acceptors (Lipinski definition) is 7. The molecule has 26 heavy (non-hydrogen) atoms. The van der Waals surface area contributed by atoms with Crippen molar-refractivity contribution in [3.05, 3.63) is 35.4 Å². The van der Waals surface area contributed by atoms with Crippen LogP contribution in [0.25, 0.3) is 20.9 Å². The summed E-state index contributed by atoms with van der Waals surface area (Å²) in [6.07, 6.45) is 0. The van der Waals surface area contributed by atoms with Crippen molar-refractivity contribution in [3.63, 3.8) is 0 Å². The molecule has 1 fully saturated rings. The van der Waals surface area contributed by atoms with Gasteiger partial charge >= 0.3 is 0 Å². The minimum Gasteiger partial charge on any atom is -0.380 e. The van der Waals surface area contributed by atoms with Crippen molar-refractivity contribution in [1.29, 1.82) is 0 Å². The molecule has 1 aromatic carbocycles. The maximum atomic E-state index is 14.3. The van der Waals surface area contributed by atoms with Crippen LogP contribution in [0.5, 0.6) is 0 Å². The highest BCUT2D eigenvalue weighted by Crippen LogP contribution is 2.40. The molecule has 0 radical (unpaired) electrons. The van der Waals surface area contributed by atoms with E-state index in [1.165, 1.54) is 17.4 Å². The van der Waals surface area contributed by atoms with Crippen LogP contribution in [0.2, 0.25) is 0 Å². The molecule has 6 nitrogen and oxygen atoms in total. The molecule has 0 aliphatic carbocycles. The number of benzene rings is 1. The van der Waals surface area contributed by atoms with Gasteiger partial charge in [-0.2, -0.15) is 4.98 Å². The van der Waals surface area contributed by atoms with Gasteiger partial charge in [-0.15, -0.1) is 23.7 Å². The summed E-state index contributed by atoms with van der Waals surface area (Å²) < 4.78 is 26.0. The first-order valence-corrected chi connectivity index (χ1v) is 8.94. The molecular formula is C17H20ClFN4O2S. The zero-order valence-corrected chi connectivity index (χ0v) is 16.1. The number of rotatable bonds is 4. The minimum atomic E-state index is -0.261. The highest BCUT2D eigenvalue weighted by Gasteiger charge is 2.27. The predicted molar refractivity (Wildman–Crippen MR) is 101 cm³/mol. The van der Waals surface area contributed by atoms with Crippen molar-refractivity contribution >= 4 is 33.8 Å². The van der Waals surface area contributed by atoms with E-state index >= 15 is 0 Å². The first-order valence-electron chi connectivity index (χ1n) is 8.12. The number of piperazine rings is 1. The SMILES string of the molecule is COCc1c(-c2nc(C3CNCCN3C)no2)sc2cccc(F)c12.Cl. The Balaban J connectivity index is 0.00000196. The third-order valence-electron chi connectivity index (χ3n) is 4.50. The van der Waals surface area contributed by atoms with Crippen LogP contribution in [0.1, 0.15) is 17.4 Å². The third kappa shape index (κ3) is 3.35. The van der Waals surface area contributed by atoms with Crippen LogP contribution in [-0.2, 0) is 11.3 Å². The van der Waals surface area contributed by atoms with E-state index in [4.69, 9.17) is 9.26 Å². The van der Waals surface area contributed by atoms with Crippen molar-refractivity contribution in [2.75, 3.05) is 33.8 Å². The number of hydrogen-bond donors (Lipinski definition) is 1. The van der Waals surface area contributed by atoms with E-state index < -0.39 is 0 Å². The fourth-order valence-electron chi connectivity index (χ4n) is 3.18. The summed E-state index contributed by atoms with van der Waals surface area (Å²) in [7, 11) is 3.64. The molecular weight excluding hydrogens is 379 g/mol. The Morgan fingerprint density at radius 3 is 3.08 bits per heavy atom. The molecule has 0 spiro atoms. The minimum absolute atomic E-state index is 0. The van der Waals surface area contributed by atoms with E-state index in [2.05, 4.69) is 20.4 Å². The van der Waals surface area contributed by atoms with Crippen molar-refractivity contribution in [2.45, 2.75) is 12.6 Å². The lowest BCUT2D eigenvalue weighted by molar-refractivity contribution is 0.186. The van der Waals surface area contributed by atoms with Gasteiger partial charge in [0.1, 0.15) is 5.82 Å². The van der Waals surface area contributed by atoms with Gasteiger partial charge < -0.3 is 14.6 Å². The quantitative estimate of drug-likeness (QED) is 0.728. The molecule has 1 aliphatic rings. The Kier molecular flexibility index (Phi) is 5.89. The average molecular weight is 399 g/mol. The summed E-state index contributed by atoms with van der Waals surface area (Å²) >= 11 is 1.45. The van der Waals surface area contributed by atoms with Gasteiger partial charge in [-0.25, -0.2) is 4.39 Å². The third-order valence-corrected chi connectivity index (χ3v) is 5.68. The Labute approximate surface area is 160 Å². The number of methoxy groups -OCH3 is 1. The molecule has 3 aromatic rings. The maximum Gasteiger partial charge on any atom is 0.268 e. The summed E-state index contributed by atoms with van der Waals surface area (Å²) in [4.78, 5) is 7.57. The fraction of sp³-hybridized carbons (Fsp3) is 0.412. The molecule has 140 valence electrons. The number of thiophene rings is 1. The molecule has 9 heteroatoms. The first kappa shape index (κ1) is 19.2. The van der Waals surface area contributed by atoms with Crippen molar-refractivity contribution in [1.82, 2.24) is 20.4 Å². The number of halogens is 2. The van der Waals surface area contributed by atoms with E-state index in [0.29, 0.717) is 23.7 Å².